The molecular weight excluding hydrogens is 492 g/mol. The van der Waals surface area contributed by atoms with Gasteiger partial charge in [0, 0.05) is 18.7 Å². The molecule has 7 heteroatoms. The number of anilines is 1. The second-order valence-electron chi connectivity index (χ2n) is 10.9. The second-order valence-corrected chi connectivity index (χ2v) is 10.9. The minimum atomic E-state index is -0.614. The molecule has 1 heterocycles. The van der Waals surface area contributed by atoms with Crippen molar-refractivity contribution in [3.63, 3.8) is 0 Å². The molecule has 7 nitrogen and oxygen atoms in total. The molecule has 2 aromatic carbocycles. The molecule has 0 saturated carbocycles. The van der Waals surface area contributed by atoms with Gasteiger partial charge in [-0.3, -0.25) is 10.2 Å². The van der Waals surface area contributed by atoms with Gasteiger partial charge in [0.05, 0.1) is 24.9 Å². The van der Waals surface area contributed by atoms with Gasteiger partial charge in [-0.15, -0.1) is 0 Å². The van der Waals surface area contributed by atoms with Gasteiger partial charge in [-0.2, -0.15) is 0 Å². The zero-order valence-electron chi connectivity index (χ0n) is 23.9. The van der Waals surface area contributed by atoms with E-state index in [-0.39, 0.29) is 24.7 Å². The fourth-order valence-corrected chi connectivity index (χ4v) is 4.64. The molecule has 1 fully saturated rings. The van der Waals surface area contributed by atoms with Gasteiger partial charge in [0.2, 0.25) is 0 Å². The van der Waals surface area contributed by atoms with E-state index in [1.165, 1.54) is 0 Å². The maximum Gasteiger partial charge on any atom is 0.411 e. The number of hydrogen-bond acceptors (Lipinski definition) is 5. The largest absolute Gasteiger partial charge is 0.450 e. The van der Waals surface area contributed by atoms with E-state index in [4.69, 9.17) is 14.2 Å². The molecule has 210 valence electrons. The summed E-state index contributed by atoms with van der Waals surface area (Å²) in [6, 6.07) is 17.1. The lowest BCUT2D eigenvalue weighted by Gasteiger charge is -2.31. The number of amides is 2. The van der Waals surface area contributed by atoms with Gasteiger partial charge in [0.25, 0.3) is 0 Å². The summed E-state index contributed by atoms with van der Waals surface area (Å²) in [6.07, 6.45) is 1.68. The average Bonchev–Trinajstić information content (AvgIpc) is 3.07. The van der Waals surface area contributed by atoms with Gasteiger partial charge in [0.1, 0.15) is 5.60 Å². The lowest BCUT2D eigenvalue weighted by atomic mass is 9.91. The average molecular weight is 535 g/mol. The van der Waals surface area contributed by atoms with Gasteiger partial charge >= 0.3 is 12.2 Å². The van der Waals surface area contributed by atoms with Gasteiger partial charge in [-0.1, -0.05) is 67.6 Å². The molecule has 2 amide bonds. The Morgan fingerprint density at radius 2 is 1.72 bits per heavy atom. The van der Waals surface area contributed by atoms with Crippen LogP contribution in [0.15, 0.2) is 54.6 Å². The van der Waals surface area contributed by atoms with Crippen LogP contribution in [0.2, 0.25) is 0 Å². The highest BCUT2D eigenvalue weighted by Gasteiger charge is 2.35. The van der Waals surface area contributed by atoms with Crippen LogP contribution in [0.5, 0.6) is 0 Å². The number of carbonyl (C=O) groups is 2. The Labute approximate surface area is 233 Å². The number of likely N-dealkylation sites (tertiary alicyclic amines) is 1. The molecule has 0 aliphatic carbocycles. The zero-order chi connectivity index (χ0) is 28.3. The van der Waals surface area contributed by atoms with Crippen molar-refractivity contribution in [3.8, 4) is 11.8 Å². The first kappa shape index (κ1) is 30.0. The van der Waals surface area contributed by atoms with E-state index in [9.17, 15) is 9.59 Å². The van der Waals surface area contributed by atoms with Crippen molar-refractivity contribution < 1.29 is 23.8 Å². The molecule has 3 atom stereocenters. The number of carbonyl (C=O) groups excluding carboxylic acids is 2. The normalized spacial score (nSPS) is 19.3. The summed E-state index contributed by atoms with van der Waals surface area (Å²) in [5, 5.41) is 2.76. The molecule has 1 saturated heterocycles. The number of para-hydroxylation sites is 1. The van der Waals surface area contributed by atoms with E-state index in [0.29, 0.717) is 43.3 Å². The second kappa shape index (κ2) is 14.6. The predicted octanol–water partition coefficient (Wildman–Crippen LogP) is 6.87. The van der Waals surface area contributed by atoms with E-state index < -0.39 is 11.7 Å². The van der Waals surface area contributed by atoms with E-state index in [2.05, 4.69) is 36.2 Å². The van der Waals surface area contributed by atoms with Crippen LogP contribution in [0.1, 0.15) is 65.0 Å². The SMILES string of the molecule is CCOC(=O)Nc1ccccc1C#CC1C[C@H](COCc2ccccc2)C[C@@H](CC)CN1C(=O)OC(C)(C)C. The highest BCUT2D eigenvalue weighted by Crippen LogP contribution is 2.30. The highest BCUT2D eigenvalue weighted by atomic mass is 16.6. The summed E-state index contributed by atoms with van der Waals surface area (Å²) in [5.74, 6) is 7.13. The fourth-order valence-electron chi connectivity index (χ4n) is 4.64. The van der Waals surface area contributed by atoms with Crippen molar-refractivity contribution >= 4 is 17.9 Å². The summed E-state index contributed by atoms with van der Waals surface area (Å²) in [5.41, 5.74) is 1.74. The summed E-state index contributed by atoms with van der Waals surface area (Å²) < 4.78 is 17.0. The van der Waals surface area contributed by atoms with Crippen LogP contribution in [-0.4, -0.2) is 48.5 Å². The van der Waals surface area contributed by atoms with Crippen molar-refractivity contribution in [3.05, 3.63) is 65.7 Å². The Morgan fingerprint density at radius 3 is 2.41 bits per heavy atom. The predicted molar refractivity (Wildman–Crippen MR) is 153 cm³/mol. The Balaban J connectivity index is 1.86. The Hall–Kier alpha value is -3.50. The minimum absolute atomic E-state index is 0.235. The van der Waals surface area contributed by atoms with Crippen molar-refractivity contribution in [2.75, 3.05) is 25.1 Å². The van der Waals surface area contributed by atoms with Crippen molar-refractivity contribution in [2.45, 2.75) is 72.1 Å². The number of ether oxygens (including phenoxy) is 3. The molecule has 0 radical (unpaired) electrons. The number of nitrogens with one attached hydrogen (secondary N) is 1. The van der Waals surface area contributed by atoms with E-state index in [1.54, 1.807) is 17.9 Å². The smallest absolute Gasteiger partial charge is 0.411 e. The number of benzene rings is 2. The lowest BCUT2D eigenvalue weighted by molar-refractivity contribution is 0.0180. The standard InChI is InChI=1S/C32H42N2O5/c1-6-24-19-26(23-37-22-25-13-9-8-10-14-25)20-28(34(21-24)31(36)39-32(3,4)5)18-17-27-15-11-12-16-29(27)33-30(35)38-7-2/h8-16,24,26,28H,6-7,19-23H2,1-5H3,(H,33,35)/t24-,26-,28?/m1/s1. The van der Waals surface area contributed by atoms with Crippen molar-refractivity contribution in [1.82, 2.24) is 4.90 Å². The van der Waals surface area contributed by atoms with Gasteiger partial charge < -0.3 is 14.2 Å². The van der Waals surface area contributed by atoms with E-state index >= 15 is 0 Å². The highest BCUT2D eigenvalue weighted by molar-refractivity contribution is 5.86. The molecule has 0 spiro atoms. The van der Waals surface area contributed by atoms with Gasteiger partial charge in [-0.05, 0) is 70.1 Å². The summed E-state index contributed by atoms with van der Waals surface area (Å²) in [6.45, 7) is 11.5. The Bertz CT molecular complexity index is 1130. The molecule has 1 aliphatic heterocycles. The van der Waals surface area contributed by atoms with E-state index in [1.807, 2.05) is 57.2 Å². The third kappa shape index (κ3) is 9.96. The third-order valence-corrected chi connectivity index (χ3v) is 6.54. The Kier molecular flexibility index (Phi) is 11.2. The van der Waals surface area contributed by atoms with Crippen molar-refractivity contribution in [2.24, 2.45) is 11.8 Å². The minimum Gasteiger partial charge on any atom is -0.450 e. The first-order valence-electron chi connectivity index (χ1n) is 13.8. The number of rotatable bonds is 7. The molecule has 1 N–H and O–H groups in total. The molecule has 0 aromatic heterocycles. The maximum atomic E-state index is 13.4. The molecule has 0 bridgehead atoms. The summed E-state index contributed by atoms with van der Waals surface area (Å²) in [7, 11) is 0. The molecule has 3 rings (SSSR count). The molecule has 1 aliphatic rings. The van der Waals surface area contributed by atoms with Gasteiger partial charge in [0.15, 0.2) is 0 Å². The summed E-state index contributed by atoms with van der Waals surface area (Å²) >= 11 is 0. The van der Waals surface area contributed by atoms with Crippen LogP contribution in [0.25, 0.3) is 0 Å². The fraction of sp³-hybridized carbons (Fsp3) is 0.500. The zero-order valence-corrected chi connectivity index (χ0v) is 23.9. The van der Waals surface area contributed by atoms with Crippen LogP contribution >= 0.6 is 0 Å². The quantitative estimate of drug-likeness (QED) is 0.393. The number of hydrogen-bond donors (Lipinski definition) is 1. The topological polar surface area (TPSA) is 77.1 Å². The number of nitrogens with zero attached hydrogens (tertiary/aromatic N) is 1. The monoisotopic (exact) mass is 534 g/mol. The van der Waals surface area contributed by atoms with Gasteiger partial charge in [-0.25, -0.2) is 9.59 Å². The molecule has 2 aromatic rings. The first-order valence-corrected chi connectivity index (χ1v) is 13.8. The Morgan fingerprint density at radius 1 is 1.00 bits per heavy atom. The third-order valence-electron chi connectivity index (χ3n) is 6.54. The molecule has 39 heavy (non-hydrogen) atoms. The molecular formula is C32H42N2O5. The molecule has 1 unspecified atom stereocenters. The van der Waals surface area contributed by atoms with Crippen LogP contribution in [-0.2, 0) is 20.8 Å². The first-order chi connectivity index (χ1) is 18.7. The van der Waals surface area contributed by atoms with Crippen molar-refractivity contribution in [1.29, 1.82) is 0 Å². The van der Waals surface area contributed by atoms with Crippen LogP contribution < -0.4 is 5.32 Å². The van der Waals surface area contributed by atoms with Crippen LogP contribution in [0, 0.1) is 23.7 Å². The van der Waals surface area contributed by atoms with Crippen LogP contribution in [0.3, 0.4) is 0 Å². The summed E-state index contributed by atoms with van der Waals surface area (Å²) in [4.78, 5) is 27.2. The lowest BCUT2D eigenvalue weighted by Crippen LogP contribution is -2.44. The van der Waals surface area contributed by atoms with Crippen LogP contribution in [0.4, 0.5) is 15.3 Å². The maximum absolute atomic E-state index is 13.4. The van der Waals surface area contributed by atoms with E-state index in [0.717, 1.165) is 18.4 Å².